The van der Waals surface area contributed by atoms with E-state index in [0.717, 1.165) is 25.3 Å². The van der Waals surface area contributed by atoms with E-state index in [4.69, 9.17) is 16.2 Å². The lowest BCUT2D eigenvalue weighted by atomic mass is 10.1. The van der Waals surface area contributed by atoms with Crippen LogP contribution in [-0.4, -0.2) is 18.6 Å². The van der Waals surface area contributed by atoms with Crippen LogP contribution in [0.15, 0.2) is 18.2 Å². The van der Waals surface area contributed by atoms with Gasteiger partial charge in [-0.15, -0.1) is 0 Å². The van der Waals surface area contributed by atoms with Crippen LogP contribution in [0.1, 0.15) is 29.6 Å². The zero-order valence-electron chi connectivity index (χ0n) is 10.1. The van der Waals surface area contributed by atoms with Gasteiger partial charge in [-0.3, -0.25) is 4.79 Å². The van der Waals surface area contributed by atoms with Gasteiger partial charge in [0.05, 0.1) is 5.56 Å². The van der Waals surface area contributed by atoms with Crippen molar-refractivity contribution in [1.82, 2.24) is 0 Å². The Hall–Kier alpha value is -1.62. The van der Waals surface area contributed by atoms with Gasteiger partial charge in [0, 0.05) is 5.92 Å². The van der Waals surface area contributed by atoms with Gasteiger partial charge >= 0.3 is 0 Å². The monoisotopic (exact) mass is 252 g/mol. The summed E-state index contributed by atoms with van der Waals surface area (Å²) in [6.45, 7) is 0.553. The maximum absolute atomic E-state index is 13.1. The van der Waals surface area contributed by atoms with Crippen molar-refractivity contribution in [3.8, 4) is 5.75 Å². The summed E-state index contributed by atoms with van der Waals surface area (Å²) in [7, 11) is 0. The number of hydrogen-bond acceptors (Lipinski definition) is 3. The molecule has 0 aromatic heterocycles. The van der Waals surface area contributed by atoms with Crippen LogP contribution in [0.4, 0.5) is 4.39 Å². The molecule has 1 aromatic rings. The van der Waals surface area contributed by atoms with Crippen LogP contribution in [0.2, 0.25) is 0 Å². The molecule has 0 aliphatic heterocycles. The van der Waals surface area contributed by atoms with Crippen molar-refractivity contribution in [2.24, 2.45) is 17.4 Å². The lowest BCUT2D eigenvalue weighted by molar-refractivity contribution is 0.0988. The minimum atomic E-state index is -0.688. The fourth-order valence-electron chi connectivity index (χ4n) is 2.39. The number of amides is 1. The Bertz CT molecular complexity index is 451. The summed E-state index contributed by atoms with van der Waals surface area (Å²) in [5.41, 5.74) is 11.0. The highest BCUT2D eigenvalue weighted by Gasteiger charge is 2.28. The quantitative estimate of drug-likeness (QED) is 0.850. The molecular weight excluding hydrogens is 235 g/mol. The van der Waals surface area contributed by atoms with E-state index in [0.29, 0.717) is 12.3 Å². The van der Waals surface area contributed by atoms with E-state index in [9.17, 15) is 9.18 Å². The number of ether oxygens (including phenoxy) is 1. The smallest absolute Gasteiger partial charge is 0.252 e. The zero-order valence-corrected chi connectivity index (χ0v) is 10.1. The third kappa shape index (κ3) is 2.61. The Labute approximate surface area is 105 Å². The zero-order chi connectivity index (χ0) is 13.1. The van der Waals surface area contributed by atoms with E-state index in [1.807, 2.05) is 0 Å². The molecule has 98 valence electrons. The molecular formula is C13H17FN2O2. The second-order valence-electron chi connectivity index (χ2n) is 4.59. The summed E-state index contributed by atoms with van der Waals surface area (Å²) < 4.78 is 18.9. The van der Waals surface area contributed by atoms with Crippen LogP contribution in [0.25, 0.3) is 0 Å². The Balaban J connectivity index is 2.20. The molecule has 0 spiro atoms. The molecule has 1 fully saturated rings. The molecule has 0 bridgehead atoms. The van der Waals surface area contributed by atoms with Gasteiger partial charge in [0.15, 0.2) is 0 Å². The number of primary amides is 1. The maximum atomic E-state index is 13.1. The van der Waals surface area contributed by atoms with Crippen LogP contribution in [-0.2, 0) is 0 Å². The molecule has 1 saturated carbocycles. The third-order valence-corrected chi connectivity index (χ3v) is 3.38. The molecule has 18 heavy (non-hydrogen) atoms. The van der Waals surface area contributed by atoms with Crippen LogP contribution in [0.3, 0.4) is 0 Å². The van der Waals surface area contributed by atoms with E-state index < -0.39 is 11.7 Å². The molecule has 4 nitrogen and oxygen atoms in total. The first-order valence-electron chi connectivity index (χ1n) is 6.08. The highest BCUT2D eigenvalue weighted by molar-refractivity contribution is 5.95. The predicted molar refractivity (Wildman–Crippen MR) is 65.7 cm³/mol. The average molecular weight is 252 g/mol. The van der Waals surface area contributed by atoms with Crippen LogP contribution in [0.5, 0.6) is 5.75 Å². The van der Waals surface area contributed by atoms with Crippen molar-refractivity contribution in [3.05, 3.63) is 29.6 Å². The van der Waals surface area contributed by atoms with Gasteiger partial charge < -0.3 is 16.2 Å². The number of carbonyl (C=O) groups excluding carboxylic acids is 1. The fraction of sp³-hybridized carbons (Fsp3) is 0.462. The summed E-state index contributed by atoms with van der Waals surface area (Å²) in [4.78, 5) is 11.2. The van der Waals surface area contributed by atoms with Gasteiger partial charge in [-0.2, -0.15) is 0 Å². The van der Waals surface area contributed by atoms with Crippen LogP contribution in [0, 0.1) is 11.7 Å². The highest BCUT2D eigenvalue weighted by atomic mass is 19.1. The Morgan fingerprint density at radius 1 is 1.44 bits per heavy atom. The lowest BCUT2D eigenvalue weighted by Crippen LogP contribution is -2.28. The van der Waals surface area contributed by atoms with Gasteiger partial charge in [0.1, 0.15) is 17.7 Å². The minimum Gasteiger partial charge on any atom is -0.489 e. The maximum Gasteiger partial charge on any atom is 0.252 e. The van der Waals surface area contributed by atoms with E-state index in [1.54, 1.807) is 0 Å². The topological polar surface area (TPSA) is 78.3 Å². The second-order valence-corrected chi connectivity index (χ2v) is 4.59. The number of carbonyl (C=O) groups is 1. The largest absolute Gasteiger partial charge is 0.489 e. The number of nitrogens with two attached hydrogens (primary N) is 2. The van der Waals surface area contributed by atoms with Gasteiger partial charge in [0.2, 0.25) is 0 Å². The molecule has 1 aromatic carbocycles. The van der Waals surface area contributed by atoms with Crippen molar-refractivity contribution in [3.63, 3.8) is 0 Å². The molecule has 4 N–H and O–H groups in total. The van der Waals surface area contributed by atoms with Crippen molar-refractivity contribution in [1.29, 1.82) is 0 Å². The van der Waals surface area contributed by atoms with E-state index in [-0.39, 0.29) is 17.6 Å². The highest BCUT2D eigenvalue weighted by Crippen LogP contribution is 2.30. The summed E-state index contributed by atoms with van der Waals surface area (Å²) in [5.74, 6) is -0.560. The molecule has 1 aliphatic rings. The minimum absolute atomic E-state index is 0.0152. The molecule has 0 radical (unpaired) electrons. The third-order valence-electron chi connectivity index (χ3n) is 3.38. The van der Waals surface area contributed by atoms with Crippen molar-refractivity contribution < 1.29 is 13.9 Å². The van der Waals surface area contributed by atoms with Gasteiger partial charge in [-0.25, -0.2) is 4.39 Å². The molecule has 1 aliphatic carbocycles. The first-order chi connectivity index (χ1) is 8.61. The van der Waals surface area contributed by atoms with Crippen LogP contribution < -0.4 is 16.2 Å². The molecule has 0 heterocycles. The van der Waals surface area contributed by atoms with Crippen molar-refractivity contribution in [2.75, 3.05) is 6.54 Å². The number of benzene rings is 1. The predicted octanol–water partition coefficient (Wildman–Crippen LogP) is 1.43. The molecule has 1 amide bonds. The van der Waals surface area contributed by atoms with Gasteiger partial charge in [0.25, 0.3) is 5.91 Å². The summed E-state index contributed by atoms with van der Waals surface area (Å²) in [6.07, 6.45) is 2.96. The number of rotatable bonds is 4. The molecule has 2 atom stereocenters. The summed E-state index contributed by atoms with van der Waals surface area (Å²) >= 11 is 0. The fourth-order valence-corrected chi connectivity index (χ4v) is 2.39. The second kappa shape index (κ2) is 5.35. The average Bonchev–Trinajstić information content (AvgIpc) is 2.78. The molecule has 2 rings (SSSR count). The van der Waals surface area contributed by atoms with E-state index in [1.165, 1.54) is 12.1 Å². The summed E-state index contributed by atoms with van der Waals surface area (Å²) in [5, 5.41) is 0. The SMILES string of the molecule is NCC1CCCC1Oc1ccc(F)cc1C(N)=O. The van der Waals surface area contributed by atoms with E-state index >= 15 is 0 Å². The Morgan fingerprint density at radius 3 is 2.89 bits per heavy atom. The Kier molecular flexibility index (Phi) is 3.81. The molecule has 0 saturated heterocycles. The van der Waals surface area contributed by atoms with Crippen LogP contribution >= 0.6 is 0 Å². The van der Waals surface area contributed by atoms with Gasteiger partial charge in [-0.05, 0) is 44.0 Å². The van der Waals surface area contributed by atoms with E-state index in [2.05, 4.69) is 0 Å². The number of hydrogen-bond donors (Lipinski definition) is 2. The Morgan fingerprint density at radius 2 is 2.22 bits per heavy atom. The standard InChI is InChI=1S/C13H17FN2O2/c14-9-4-5-12(10(6-9)13(16)17)18-11-3-1-2-8(11)7-15/h4-6,8,11H,1-3,7,15H2,(H2,16,17). The molecule has 5 heteroatoms. The first-order valence-corrected chi connectivity index (χ1v) is 6.08. The van der Waals surface area contributed by atoms with Gasteiger partial charge in [-0.1, -0.05) is 0 Å². The first kappa shape index (κ1) is 12.8. The summed E-state index contributed by atoms with van der Waals surface area (Å²) in [6, 6.07) is 3.81. The normalized spacial score (nSPS) is 23.0. The van der Waals surface area contributed by atoms with Crippen molar-refractivity contribution >= 4 is 5.91 Å². The molecule has 2 unspecified atom stereocenters. The van der Waals surface area contributed by atoms with Crippen molar-refractivity contribution in [2.45, 2.75) is 25.4 Å². The number of halogens is 1. The lowest BCUT2D eigenvalue weighted by Gasteiger charge is -2.21.